The number of carbonyl (C=O) groups excluding carboxylic acids is 1. The molecule has 1 amide bonds. The molecule has 0 radical (unpaired) electrons. The van der Waals surface area contributed by atoms with Gasteiger partial charge in [0.15, 0.2) is 11.5 Å². The second kappa shape index (κ2) is 5.04. The van der Waals surface area contributed by atoms with E-state index in [9.17, 15) is 4.79 Å². The van der Waals surface area contributed by atoms with E-state index in [2.05, 4.69) is 25.4 Å². The average Bonchev–Trinajstić information content (AvgIpc) is 3.33. The summed E-state index contributed by atoms with van der Waals surface area (Å²) in [6.45, 7) is 2.92. The lowest BCUT2D eigenvalue weighted by Gasteiger charge is -2.14. The van der Waals surface area contributed by atoms with Crippen molar-refractivity contribution >= 4 is 5.91 Å². The molecular weight excluding hydrogens is 298 g/mol. The van der Waals surface area contributed by atoms with Crippen LogP contribution in [0.2, 0.25) is 0 Å². The lowest BCUT2D eigenvalue weighted by molar-refractivity contribution is 0.0748. The lowest BCUT2D eigenvalue weighted by Crippen LogP contribution is -2.25. The molecule has 0 fully saturated rings. The van der Waals surface area contributed by atoms with Gasteiger partial charge in [-0.3, -0.25) is 14.6 Å². The molecule has 4 heterocycles. The first kappa shape index (κ1) is 13.7. The lowest BCUT2D eigenvalue weighted by atomic mass is 10.2. The number of nitrogens with one attached hydrogen (secondary N) is 1. The number of aromatic amines is 1. The number of H-pyrrole nitrogens is 1. The highest BCUT2D eigenvalue weighted by Crippen LogP contribution is 2.31. The molecule has 0 atom stereocenters. The highest BCUT2D eigenvalue weighted by atomic mass is 16.5. The number of hydrogen-bond acceptors (Lipinski definition) is 6. The molecule has 9 heteroatoms. The van der Waals surface area contributed by atoms with Crippen LogP contribution in [-0.4, -0.2) is 40.9 Å². The van der Waals surface area contributed by atoms with Crippen molar-refractivity contribution in [2.45, 2.75) is 26.4 Å². The third-order valence-corrected chi connectivity index (χ3v) is 3.98. The molecule has 0 saturated heterocycles. The Labute approximate surface area is 131 Å². The Kier molecular flexibility index (Phi) is 3.00. The largest absolute Gasteiger partial charge is 0.332 e. The number of rotatable bonds is 3. The van der Waals surface area contributed by atoms with E-state index >= 15 is 0 Å². The molecular formula is C14H15N7O2. The van der Waals surface area contributed by atoms with Crippen molar-refractivity contribution in [1.82, 2.24) is 35.0 Å². The number of carbonyl (C=O) groups is 1. The molecule has 1 N–H and O–H groups in total. The third-order valence-electron chi connectivity index (χ3n) is 3.98. The maximum absolute atomic E-state index is 12.5. The van der Waals surface area contributed by atoms with Crippen LogP contribution in [-0.2, 0) is 26.6 Å². The normalized spacial score (nSPS) is 13.6. The van der Waals surface area contributed by atoms with Crippen LogP contribution in [0, 0.1) is 0 Å². The van der Waals surface area contributed by atoms with Gasteiger partial charge in [-0.15, -0.1) is 0 Å². The smallest absolute Gasteiger partial charge is 0.278 e. The minimum Gasteiger partial charge on any atom is -0.332 e. The van der Waals surface area contributed by atoms with E-state index in [0.29, 0.717) is 42.5 Å². The zero-order valence-electron chi connectivity index (χ0n) is 12.8. The first-order valence-corrected chi connectivity index (χ1v) is 7.33. The van der Waals surface area contributed by atoms with Gasteiger partial charge in [0.25, 0.3) is 11.8 Å². The fourth-order valence-corrected chi connectivity index (χ4v) is 2.75. The van der Waals surface area contributed by atoms with Crippen LogP contribution < -0.4 is 0 Å². The van der Waals surface area contributed by atoms with E-state index in [0.717, 1.165) is 11.3 Å². The summed E-state index contributed by atoms with van der Waals surface area (Å²) < 4.78 is 7.06. The van der Waals surface area contributed by atoms with Crippen LogP contribution in [0.1, 0.15) is 34.4 Å². The van der Waals surface area contributed by atoms with Crippen LogP contribution in [0.15, 0.2) is 16.9 Å². The van der Waals surface area contributed by atoms with E-state index in [1.165, 1.54) is 6.20 Å². The van der Waals surface area contributed by atoms with Crippen LogP contribution in [0.4, 0.5) is 0 Å². The van der Waals surface area contributed by atoms with Crippen molar-refractivity contribution in [2.24, 2.45) is 7.05 Å². The molecule has 1 aliphatic rings. The van der Waals surface area contributed by atoms with Crippen molar-refractivity contribution in [2.75, 3.05) is 0 Å². The number of aryl methyl sites for hydroxylation is 2. The second-order valence-corrected chi connectivity index (χ2v) is 5.41. The molecule has 0 aliphatic carbocycles. The van der Waals surface area contributed by atoms with Gasteiger partial charge in [-0.25, -0.2) is 0 Å². The Hall–Kier alpha value is -2.97. The maximum Gasteiger partial charge on any atom is 0.278 e. The fourth-order valence-electron chi connectivity index (χ4n) is 2.75. The van der Waals surface area contributed by atoms with Gasteiger partial charge >= 0.3 is 0 Å². The number of hydrogen-bond donors (Lipinski definition) is 1. The molecule has 0 saturated carbocycles. The highest BCUT2D eigenvalue weighted by molar-refractivity contribution is 5.94. The minimum atomic E-state index is -0.0688. The molecule has 0 aromatic carbocycles. The van der Waals surface area contributed by atoms with Gasteiger partial charge in [-0.2, -0.15) is 15.2 Å². The van der Waals surface area contributed by atoms with Crippen molar-refractivity contribution in [3.8, 4) is 11.6 Å². The quantitative estimate of drug-likeness (QED) is 0.770. The Bertz CT molecular complexity index is 862. The van der Waals surface area contributed by atoms with Gasteiger partial charge in [0.2, 0.25) is 0 Å². The summed E-state index contributed by atoms with van der Waals surface area (Å²) in [5.74, 6) is 0.973. The summed E-state index contributed by atoms with van der Waals surface area (Å²) in [5, 5.41) is 14.9. The van der Waals surface area contributed by atoms with Gasteiger partial charge in [0.05, 0.1) is 30.5 Å². The predicted molar refractivity (Wildman–Crippen MR) is 78.0 cm³/mol. The summed E-state index contributed by atoms with van der Waals surface area (Å²) in [6.07, 6.45) is 3.82. The van der Waals surface area contributed by atoms with Crippen molar-refractivity contribution in [3.05, 3.63) is 35.0 Å². The van der Waals surface area contributed by atoms with Crippen LogP contribution in [0.5, 0.6) is 0 Å². The van der Waals surface area contributed by atoms with Gasteiger partial charge in [0, 0.05) is 25.2 Å². The van der Waals surface area contributed by atoms with Crippen LogP contribution in [0.3, 0.4) is 0 Å². The molecule has 0 unspecified atom stereocenters. The third kappa shape index (κ3) is 2.12. The van der Waals surface area contributed by atoms with Gasteiger partial charge in [0.1, 0.15) is 0 Å². The molecule has 118 valence electrons. The van der Waals surface area contributed by atoms with Crippen LogP contribution >= 0.6 is 0 Å². The standard InChI is InChI=1S/C14H15N7O2/c1-3-11-17-13(23-19-11)12-9-6-21(7-10(9)20(2)18-12)14(22)8-4-15-16-5-8/h4-5H,3,6-7H2,1-2H3,(H,15,16). The molecule has 0 bridgehead atoms. The summed E-state index contributed by atoms with van der Waals surface area (Å²) >= 11 is 0. The van der Waals surface area contributed by atoms with E-state index in [1.807, 2.05) is 14.0 Å². The summed E-state index contributed by atoms with van der Waals surface area (Å²) in [4.78, 5) is 18.6. The molecule has 0 spiro atoms. The fraction of sp³-hybridized carbons (Fsp3) is 0.357. The molecule has 4 rings (SSSR count). The van der Waals surface area contributed by atoms with Crippen molar-refractivity contribution in [3.63, 3.8) is 0 Å². The number of aromatic nitrogens is 6. The Morgan fingerprint density at radius 2 is 2.30 bits per heavy atom. The van der Waals surface area contributed by atoms with E-state index < -0.39 is 0 Å². The van der Waals surface area contributed by atoms with Gasteiger partial charge in [-0.1, -0.05) is 12.1 Å². The number of nitrogens with zero attached hydrogens (tertiary/aromatic N) is 6. The number of amides is 1. The second-order valence-electron chi connectivity index (χ2n) is 5.41. The maximum atomic E-state index is 12.5. The highest BCUT2D eigenvalue weighted by Gasteiger charge is 2.32. The van der Waals surface area contributed by atoms with E-state index in [1.54, 1.807) is 15.8 Å². The summed E-state index contributed by atoms with van der Waals surface area (Å²) in [7, 11) is 1.85. The van der Waals surface area contributed by atoms with Gasteiger partial charge in [-0.05, 0) is 0 Å². The predicted octanol–water partition coefficient (Wildman–Crippen LogP) is 0.912. The monoisotopic (exact) mass is 313 g/mol. The topological polar surface area (TPSA) is 106 Å². The minimum absolute atomic E-state index is 0.0688. The Balaban J connectivity index is 1.66. The van der Waals surface area contributed by atoms with Gasteiger partial charge < -0.3 is 9.42 Å². The molecule has 3 aromatic heterocycles. The zero-order valence-corrected chi connectivity index (χ0v) is 12.8. The zero-order chi connectivity index (χ0) is 16.0. The van der Waals surface area contributed by atoms with E-state index in [-0.39, 0.29) is 5.91 Å². The molecule has 3 aromatic rings. The SMILES string of the molecule is CCc1noc(-c2nn(C)c3c2CN(C(=O)c2cn[nH]c2)C3)n1. The van der Waals surface area contributed by atoms with Crippen molar-refractivity contribution in [1.29, 1.82) is 0 Å². The molecule has 1 aliphatic heterocycles. The van der Waals surface area contributed by atoms with Crippen molar-refractivity contribution < 1.29 is 9.32 Å². The average molecular weight is 313 g/mol. The Morgan fingerprint density at radius 3 is 3.00 bits per heavy atom. The van der Waals surface area contributed by atoms with Crippen LogP contribution in [0.25, 0.3) is 11.6 Å². The Morgan fingerprint density at radius 1 is 1.43 bits per heavy atom. The summed E-state index contributed by atoms with van der Waals surface area (Å²) in [5.41, 5.74) is 3.12. The number of fused-ring (bicyclic) bond motifs is 1. The van der Waals surface area contributed by atoms with E-state index in [4.69, 9.17) is 4.52 Å². The first-order chi connectivity index (χ1) is 11.2. The first-order valence-electron chi connectivity index (χ1n) is 7.33. The summed E-state index contributed by atoms with van der Waals surface area (Å²) in [6, 6.07) is 0. The molecule has 9 nitrogen and oxygen atoms in total. The molecule has 23 heavy (non-hydrogen) atoms.